The molecule has 0 radical (unpaired) electrons. The summed E-state index contributed by atoms with van der Waals surface area (Å²) in [7, 11) is 1.84. The summed E-state index contributed by atoms with van der Waals surface area (Å²) in [6.07, 6.45) is 4.76. The third kappa shape index (κ3) is 3.45. The van der Waals surface area contributed by atoms with E-state index in [-0.39, 0.29) is 55.4 Å². The Morgan fingerprint density at radius 3 is 2.86 bits per heavy atom. The lowest BCUT2D eigenvalue weighted by Gasteiger charge is -2.31. The Morgan fingerprint density at radius 2 is 2.14 bits per heavy atom. The van der Waals surface area contributed by atoms with E-state index in [1.54, 1.807) is 4.90 Å². The van der Waals surface area contributed by atoms with E-state index in [0.29, 0.717) is 24.2 Å². The number of likely N-dealkylation sites (N-methyl/N-ethyl adjacent to an activating group) is 1. The summed E-state index contributed by atoms with van der Waals surface area (Å²) in [6.45, 7) is 6.10. The first-order valence-electron chi connectivity index (χ1n) is 11.1. The summed E-state index contributed by atoms with van der Waals surface area (Å²) < 4.78 is 30.5. The van der Waals surface area contributed by atoms with Crippen LogP contribution in [0.4, 0.5) is 19.6 Å². The van der Waals surface area contributed by atoms with Gasteiger partial charge in [0.1, 0.15) is 40.2 Å². The summed E-state index contributed by atoms with van der Waals surface area (Å²) in [5.74, 6) is -0.924. The SMILES string of the molecule is C=CC(=O)N1CC[C@@H](N(C)c2ncnc3c(F)c(-c4ccc(F)c5sc(N)c(C#N)c45)ncc23)[C@H]1C. The molecule has 3 aromatic heterocycles. The van der Waals surface area contributed by atoms with Crippen molar-refractivity contribution in [3.05, 3.63) is 54.5 Å². The first-order valence-corrected chi connectivity index (χ1v) is 12.0. The highest BCUT2D eigenvalue weighted by molar-refractivity contribution is 7.23. The van der Waals surface area contributed by atoms with E-state index in [1.807, 2.05) is 24.9 Å². The van der Waals surface area contributed by atoms with Gasteiger partial charge >= 0.3 is 0 Å². The molecule has 11 heteroatoms. The van der Waals surface area contributed by atoms with Gasteiger partial charge in [-0.1, -0.05) is 6.58 Å². The number of nitrogens with two attached hydrogens (primary N) is 1. The maximum atomic E-state index is 15.9. The van der Waals surface area contributed by atoms with E-state index in [9.17, 15) is 14.4 Å². The number of thiophene rings is 1. The lowest BCUT2D eigenvalue weighted by Crippen LogP contribution is -2.43. The number of likely N-dealkylation sites (tertiary alicyclic amines) is 1. The third-order valence-corrected chi connectivity index (χ3v) is 7.82. The molecule has 1 aliphatic heterocycles. The molecule has 4 aromatic rings. The van der Waals surface area contributed by atoms with Crippen molar-refractivity contribution in [2.24, 2.45) is 0 Å². The van der Waals surface area contributed by atoms with Gasteiger partial charge in [-0.2, -0.15) is 5.26 Å². The Labute approximate surface area is 209 Å². The van der Waals surface area contributed by atoms with Crippen molar-refractivity contribution in [1.82, 2.24) is 19.9 Å². The minimum Gasteiger partial charge on any atom is -0.389 e. The minimum atomic E-state index is -0.714. The van der Waals surface area contributed by atoms with E-state index < -0.39 is 11.6 Å². The zero-order valence-electron chi connectivity index (χ0n) is 19.5. The lowest BCUT2D eigenvalue weighted by atomic mass is 10.0. The molecule has 0 bridgehead atoms. The van der Waals surface area contributed by atoms with E-state index in [0.717, 1.165) is 11.3 Å². The van der Waals surface area contributed by atoms with Gasteiger partial charge in [0, 0.05) is 36.8 Å². The number of halogens is 2. The van der Waals surface area contributed by atoms with Crippen LogP contribution in [0.3, 0.4) is 0 Å². The maximum Gasteiger partial charge on any atom is 0.246 e. The first kappa shape index (κ1) is 23.6. The van der Waals surface area contributed by atoms with Crippen molar-refractivity contribution in [3.63, 3.8) is 0 Å². The summed E-state index contributed by atoms with van der Waals surface area (Å²) >= 11 is 0.936. The number of fused-ring (bicyclic) bond motifs is 2. The van der Waals surface area contributed by atoms with Gasteiger partial charge < -0.3 is 15.5 Å². The van der Waals surface area contributed by atoms with Crippen LogP contribution in [0.5, 0.6) is 0 Å². The Bertz CT molecular complexity index is 1600. The van der Waals surface area contributed by atoms with Gasteiger partial charge in [0.15, 0.2) is 5.82 Å². The van der Waals surface area contributed by atoms with Gasteiger partial charge in [-0.15, -0.1) is 11.3 Å². The van der Waals surface area contributed by atoms with Gasteiger partial charge in [0.25, 0.3) is 0 Å². The van der Waals surface area contributed by atoms with Crippen LogP contribution < -0.4 is 10.6 Å². The molecule has 5 rings (SSSR count). The summed E-state index contributed by atoms with van der Waals surface area (Å²) in [4.78, 5) is 28.7. The van der Waals surface area contributed by atoms with Crippen LogP contribution in [0.15, 0.2) is 37.3 Å². The molecule has 182 valence electrons. The van der Waals surface area contributed by atoms with Gasteiger partial charge in [0.2, 0.25) is 5.91 Å². The molecule has 8 nitrogen and oxygen atoms in total. The van der Waals surface area contributed by atoms with E-state index >= 15 is 4.39 Å². The number of nitrogen functional groups attached to an aromatic ring is 1. The molecule has 4 heterocycles. The molecule has 1 saturated heterocycles. The average Bonchev–Trinajstić information content (AvgIpc) is 3.43. The Morgan fingerprint density at radius 1 is 1.36 bits per heavy atom. The number of carbonyl (C=O) groups excluding carboxylic acids is 1. The molecule has 2 atom stereocenters. The molecule has 0 aliphatic carbocycles. The third-order valence-electron chi connectivity index (χ3n) is 6.79. The van der Waals surface area contributed by atoms with Crippen molar-refractivity contribution in [2.45, 2.75) is 25.4 Å². The number of hydrogen-bond acceptors (Lipinski definition) is 8. The highest BCUT2D eigenvalue weighted by Gasteiger charge is 2.36. The normalized spacial score (nSPS) is 17.5. The fourth-order valence-corrected chi connectivity index (χ4v) is 5.92. The Hall–Kier alpha value is -4.17. The summed E-state index contributed by atoms with van der Waals surface area (Å²) in [5, 5.41) is 10.4. The summed E-state index contributed by atoms with van der Waals surface area (Å²) in [5.41, 5.74) is 6.25. The fourth-order valence-electron chi connectivity index (χ4n) is 4.97. The maximum absolute atomic E-state index is 15.9. The fraction of sp³-hybridized carbons (Fsp3) is 0.240. The molecule has 1 aromatic carbocycles. The van der Waals surface area contributed by atoms with Crippen LogP contribution in [0.25, 0.3) is 32.2 Å². The molecule has 0 unspecified atom stereocenters. The topological polar surface area (TPSA) is 112 Å². The number of nitriles is 1. The van der Waals surface area contributed by atoms with E-state index in [2.05, 4.69) is 21.5 Å². The van der Waals surface area contributed by atoms with Gasteiger partial charge in [0.05, 0.1) is 21.7 Å². The van der Waals surface area contributed by atoms with E-state index in [4.69, 9.17) is 5.73 Å². The molecule has 0 saturated carbocycles. The molecular formula is C25H21F2N7OS. The number of pyridine rings is 1. The van der Waals surface area contributed by atoms with Crippen molar-refractivity contribution in [3.8, 4) is 17.3 Å². The zero-order chi connectivity index (χ0) is 25.7. The molecule has 1 aliphatic rings. The highest BCUT2D eigenvalue weighted by atomic mass is 32.1. The predicted molar refractivity (Wildman–Crippen MR) is 135 cm³/mol. The number of carbonyl (C=O) groups is 1. The first-order chi connectivity index (χ1) is 17.3. The zero-order valence-corrected chi connectivity index (χ0v) is 20.3. The second kappa shape index (κ2) is 8.80. The lowest BCUT2D eigenvalue weighted by molar-refractivity contribution is -0.126. The van der Waals surface area contributed by atoms with Crippen molar-refractivity contribution >= 4 is 49.1 Å². The number of benzene rings is 1. The van der Waals surface area contributed by atoms with Gasteiger partial charge in [-0.05, 0) is 31.6 Å². The molecule has 1 fully saturated rings. The average molecular weight is 506 g/mol. The van der Waals surface area contributed by atoms with Crippen LogP contribution in [0.1, 0.15) is 18.9 Å². The number of anilines is 2. The van der Waals surface area contributed by atoms with Crippen molar-refractivity contribution in [1.29, 1.82) is 5.26 Å². The number of amides is 1. The van der Waals surface area contributed by atoms with Crippen LogP contribution in [0, 0.1) is 23.0 Å². The number of nitrogens with zero attached hydrogens (tertiary/aromatic N) is 6. The molecule has 36 heavy (non-hydrogen) atoms. The predicted octanol–water partition coefficient (Wildman–Crippen LogP) is 4.25. The van der Waals surface area contributed by atoms with Gasteiger partial charge in [-0.25, -0.2) is 18.7 Å². The molecule has 2 N–H and O–H groups in total. The molecule has 0 spiro atoms. The number of aromatic nitrogens is 3. The number of hydrogen-bond donors (Lipinski definition) is 1. The number of rotatable bonds is 4. The van der Waals surface area contributed by atoms with Gasteiger partial charge in [-0.3, -0.25) is 9.78 Å². The summed E-state index contributed by atoms with van der Waals surface area (Å²) in [6, 6.07) is 4.42. The molecule has 1 amide bonds. The second-order valence-electron chi connectivity index (χ2n) is 8.58. The standard InChI is InChI=1S/C25H21F2N7OS/c1-4-18(35)34-8-7-17(12(34)2)33(3)25-15-10-30-21(20(27)22(15)31-11-32-25)13-5-6-16(26)23-19(13)14(9-28)24(29)36-23/h4-6,10-12,17H,1,7-8,29H2,2-3H3/t12-,17-/m1/s1. The van der Waals surface area contributed by atoms with Crippen LogP contribution >= 0.6 is 11.3 Å². The van der Waals surface area contributed by atoms with Crippen LogP contribution in [0.2, 0.25) is 0 Å². The van der Waals surface area contributed by atoms with Crippen LogP contribution in [-0.2, 0) is 4.79 Å². The molecular weight excluding hydrogens is 484 g/mol. The minimum absolute atomic E-state index is 0.0423. The quantitative estimate of drug-likeness (QED) is 0.413. The smallest absolute Gasteiger partial charge is 0.246 e. The van der Waals surface area contributed by atoms with Crippen molar-refractivity contribution < 1.29 is 13.6 Å². The highest BCUT2D eigenvalue weighted by Crippen LogP contribution is 2.42. The Balaban J connectivity index is 1.62. The Kier molecular flexibility index (Phi) is 5.76. The second-order valence-corrected chi connectivity index (χ2v) is 9.63. The van der Waals surface area contributed by atoms with E-state index in [1.165, 1.54) is 30.7 Å². The van der Waals surface area contributed by atoms with Crippen molar-refractivity contribution in [2.75, 3.05) is 24.2 Å². The monoisotopic (exact) mass is 505 g/mol. The largest absolute Gasteiger partial charge is 0.389 e. The van der Waals surface area contributed by atoms with Crippen LogP contribution in [-0.4, -0.2) is 51.4 Å².